The number of halogens is 2. The van der Waals surface area contributed by atoms with Crippen LogP contribution < -0.4 is 5.32 Å². The molecule has 1 aromatic heterocycles. The van der Waals surface area contributed by atoms with Gasteiger partial charge in [0.1, 0.15) is 0 Å². The summed E-state index contributed by atoms with van der Waals surface area (Å²) >= 11 is 4.73. The number of fused-ring (bicyclic) bond motifs is 1. The molecule has 2 aromatic rings. The van der Waals surface area contributed by atoms with Crippen LogP contribution in [-0.2, 0) is 0 Å². The topological polar surface area (TPSA) is 28.2 Å². The smallest absolute Gasteiger partial charge is 0.0866 e. The summed E-state index contributed by atoms with van der Waals surface area (Å²) in [4.78, 5) is 6.74. The molecule has 0 aliphatic carbocycles. The molecule has 0 radical (unpaired) electrons. The van der Waals surface area contributed by atoms with Crippen molar-refractivity contribution in [1.82, 2.24) is 9.88 Å². The number of benzene rings is 1. The van der Waals surface area contributed by atoms with Crippen molar-refractivity contribution in [3.63, 3.8) is 0 Å². The summed E-state index contributed by atoms with van der Waals surface area (Å²) in [5.41, 5.74) is 2.26. The maximum absolute atomic E-state index is 4.52. The van der Waals surface area contributed by atoms with Crippen LogP contribution in [0.3, 0.4) is 0 Å². The molecule has 1 N–H and O–H groups in total. The Kier molecular flexibility index (Phi) is 5.85. The molecule has 108 valence electrons. The number of rotatable bonds is 5. The molecule has 0 spiro atoms. The lowest BCUT2D eigenvalue weighted by atomic mass is 10.1. The first-order valence-corrected chi connectivity index (χ1v) is 8.76. The van der Waals surface area contributed by atoms with Crippen molar-refractivity contribution < 1.29 is 0 Å². The first-order valence-electron chi connectivity index (χ1n) is 6.60. The van der Waals surface area contributed by atoms with Crippen LogP contribution >= 0.6 is 45.2 Å². The zero-order chi connectivity index (χ0) is 14.7. The number of nitrogens with one attached hydrogen (secondary N) is 1. The van der Waals surface area contributed by atoms with Crippen LogP contribution in [0, 0.1) is 13.1 Å². The Labute approximate surface area is 147 Å². The molecule has 0 saturated carbocycles. The van der Waals surface area contributed by atoms with Gasteiger partial charge in [-0.25, -0.2) is 0 Å². The Morgan fingerprint density at radius 3 is 2.70 bits per heavy atom. The first-order chi connectivity index (χ1) is 9.49. The predicted octanol–water partition coefficient (Wildman–Crippen LogP) is 4.05. The summed E-state index contributed by atoms with van der Waals surface area (Å²) in [6.45, 7) is 4.33. The molecule has 1 heterocycles. The van der Waals surface area contributed by atoms with Crippen molar-refractivity contribution in [3.05, 3.63) is 31.5 Å². The van der Waals surface area contributed by atoms with Crippen LogP contribution in [0.1, 0.15) is 6.92 Å². The lowest BCUT2D eigenvalue weighted by Crippen LogP contribution is -2.24. The number of hydrogen-bond donors (Lipinski definition) is 1. The van der Waals surface area contributed by atoms with E-state index in [2.05, 4.69) is 99.6 Å². The lowest BCUT2D eigenvalue weighted by molar-refractivity contribution is 0.348. The van der Waals surface area contributed by atoms with Crippen molar-refractivity contribution >= 4 is 61.8 Å². The molecule has 2 rings (SSSR count). The highest BCUT2D eigenvalue weighted by atomic mass is 127. The summed E-state index contributed by atoms with van der Waals surface area (Å²) in [6.07, 6.45) is 1.89. The first kappa shape index (κ1) is 16.2. The maximum Gasteiger partial charge on any atom is 0.0866 e. The van der Waals surface area contributed by atoms with Crippen LogP contribution in [0.4, 0.5) is 5.69 Å². The zero-order valence-electron chi connectivity index (χ0n) is 12.0. The quantitative estimate of drug-likeness (QED) is 0.635. The van der Waals surface area contributed by atoms with E-state index in [0.29, 0.717) is 5.92 Å². The van der Waals surface area contributed by atoms with Crippen LogP contribution in [-0.4, -0.2) is 37.1 Å². The van der Waals surface area contributed by atoms with Gasteiger partial charge in [-0.1, -0.05) is 6.92 Å². The molecule has 1 atom stereocenters. The van der Waals surface area contributed by atoms with E-state index in [-0.39, 0.29) is 0 Å². The Morgan fingerprint density at radius 1 is 1.25 bits per heavy atom. The summed E-state index contributed by atoms with van der Waals surface area (Å²) in [7, 11) is 4.23. The largest absolute Gasteiger partial charge is 0.384 e. The number of aromatic nitrogens is 1. The molecule has 0 aliphatic heterocycles. The zero-order valence-corrected chi connectivity index (χ0v) is 16.3. The van der Waals surface area contributed by atoms with Crippen molar-refractivity contribution in [3.8, 4) is 0 Å². The van der Waals surface area contributed by atoms with E-state index in [4.69, 9.17) is 0 Å². The van der Waals surface area contributed by atoms with Crippen LogP contribution in [0.25, 0.3) is 10.9 Å². The molecular weight excluding hydrogens is 476 g/mol. The van der Waals surface area contributed by atoms with Gasteiger partial charge in [0.25, 0.3) is 0 Å². The fourth-order valence-electron chi connectivity index (χ4n) is 2.29. The van der Waals surface area contributed by atoms with Crippen molar-refractivity contribution in [2.45, 2.75) is 6.92 Å². The third-order valence-corrected chi connectivity index (χ3v) is 6.14. The average molecular weight is 495 g/mol. The average Bonchev–Trinajstić information content (AvgIpc) is 2.40. The van der Waals surface area contributed by atoms with E-state index in [9.17, 15) is 0 Å². The third kappa shape index (κ3) is 3.94. The fourth-order valence-corrected chi connectivity index (χ4v) is 3.33. The highest BCUT2D eigenvalue weighted by molar-refractivity contribution is 14.1. The van der Waals surface area contributed by atoms with Gasteiger partial charge in [-0.05, 0) is 83.4 Å². The molecule has 3 nitrogen and oxygen atoms in total. The van der Waals surface area contributed by atoms with Crippen LogP contribution in [0.15, 0.2) is 24.4 Å². The second-order valence-corrected chi connectivity index (χ2v) is 7.61. The van der Waals surface area contributed by atoms with E-state index in [1.165, 1.54) is 18.2 Å². The minimum absolute atomic E-state index is 0.608. The molecule has 0 bridgehead atoms. The Bertz CT molecular complexity index is 599. The standard InChI is InChI=1S/C15H19I2N3/c1-10(9-20(2)3)8-19-13-6-7-18-15-11(13)4-5-12(16)14(15)17/h4-7,10H,8-9H2,1-3H3,(H,18,19). The monoisotopic (exact) mass is 495 g/mol. The molecular formula is C15H19I2N3. The van der Waals surface area contributed by atoms with Gasteiger partial charge in [-0.15, -0.1) is 0 Å². The number of hydrogen-bond acceptors (Lipinski definition) is 3. The summed E-state index contributed by atoms with van der Waals surface area (Å²) in [5, 5.41) is 4.77. The SMILES string of the molecule is CC(CNc1ccnc2c(I)c(I)ccc12)CN(C)C. The van der Waals surface area contributed by atoms with E-state index >= 15 is 0 Å². The summed E-state index contributed by atoms with van der Waals surface area (Å²) in [6, 6.07) is 6.37. The second kappa shape index (κ2) is 7.22. The van der Waals surface area contributed by atoms with Gasteiger partial charge in [0.2, 0.25) is 0 Å². The fraction of sp³-hybridized carbons (Fsp3) is 0.400. The molecule has 0 saturated heterocycles. The van der Waals surface area contributed by atoms with Gasteiger partial charge in [0.05, 0.1) is 9.09 Å². The predicted molar refractivity (Wildman–Crippen MR) is 103 cm³/mol. The normalized spacial score (nSPS) is 12.9. The lowest BCUT2D eigenvalue weighted by Gasteiger charge is -2.18. The molecule has 1 aromatic carbocycles. The summed E-state index contributed by atoms with van der Waals surface area (Å²) in [5.74, 6) is 0.608. The molecule has 0 aliphatic rings. The van der Waals surface area contributed by atoms with Crippen LogP contribution in [0.2, 0.25) is 0 Å². The third-order valence-electron chi connectivity index (χ3n) is 3.12. The van der Waals surface area contributed by atoms with E-state index < -0.39 is 0 Å². The van der Waals surface area contributed by atoms with Gasteiger partial charge in [0, 0.05) is 33.9 Å². The van der Waals surface area contributed by atoms with Gasteiger partial charge >= 0.3 is 0 Å². The minimum atomic E-state index is 0.608. The number of nitrogens with zero attached hydrogens (tertiary/aromatic N) is 2. The van der Waals surface area contributed by atoms with Gasteiger partial charge in [-0.3, -0.25) is 4.98 Å². The van der Waals surface area contributed by atoms with Crippen molar-refractivity contribution in [2.24, 2.45) is 5.92 Å². The van der Waals surface area contributed by atoms with Gasteiger partial charge in [0.15, 0.2) is 0 Å². The second-order valence-electron chi connectivity index (χ2n) is 5.36. The highest BCUT2D eigenvalue weighted by Crippen LogP contribution is 2.28. The van der Waals surface area contributed by atoms with E-state index in [1.807, 2.05) is 6.20 Å². The van der Waals surface area contributed by atoms with Crippen LogP contribution in [0.5, 0.6) is 0 Å². The Balaban J connectivity index is 2.21. The number of pyridine rings is 1. The number of anilines is 1. The van der Waals surface area contributed by atoms with E-state index in [0.717, 1.165) is 18.6 Å². The minimum Gasteiger partial charge on any atom is -0.384 e. The van der Waals surface area contributed by atoms with E-state index in [1.54, 1.807) is 0 Å². The molecule has 0 amide bonds. The summed E-state index contributed by atoms with van der Waals surface area (Å²) < 4.78 is 2.48. The Morgan fingerprint density at radius 2 is 2.00 bits per heavy atom. The molecule has 5 heteroatoms. The Hall–Kier alpha value is -0.150. The van der Waals surface area contributed by atoms with Crippen molar-refractivity contribution in [2.75, 3.05) is 32.5 Å². The molecule has 1 unspecified atom stereocenters. The van der Waals surface area contributed by atoms with Crippen molar-refractivity contribution in [1.29, 1.82) is 0 Å². The molecule has 20 heavy (non-hydrogen) atoms. The van der Waals surface area contributed by atoms with Gasteiger partial charge < -0.3 is 10.2 Å². The maximum atomic E-state index is 4.52. The molecule has 0 fully saturated rings. The van der Waals surface area contributed by atoms with Gasteiger partial charge in [-0.2, -0.15) is 0 Å². The highest BCUT2D eigenvalue weighted by Gasteiger charge is 2.09.